The van der Waals surface area contributed by atoms with Crippen LogP contribution in [0.2, 0.25) is 0 Å². The summed E-state index contributed by atoms with van der Waals surface area (Å²) in [6.45, 7) is 3.60. The SMILES string of the molecule is CCC(=O)N(Cc1cc(-c2cc(OC)ccc2OC)on1)C[C@@H]1CCCO1. The number of benzene rings is 1. The van der Waals surface area contributed by atoms with Gasteiger partial charge in [0.1, 0.15) is 17.2 Å². The average molecular weight is 374 g/mol. The van der Waals surface area contributed by atoms with Crippen LogP contribution in [0.1, 0.15) is 31.9 Å². The molecule has 0 N–H and O–H groups in total. The van der Waals surface area contributed by atoms with Gasteiger partial charge in [0.15, 0.2) is 5.76 Å². The van der Waals surface area contributed by atoms with Crippen molar-refractivity contribution in [3.05, 3.63) is 30.0 Å². The Kier molecular flexibility index (Phi) is 6.34. The summed E-state index contributed by atoms with van der Waals surface area (Å²) in [5.74, 6) is 2.01. The minimum Gasteiger partial charge on any atom is -0.497 e. The van der Waals surface area contributed by atoms with Gasteiger partial charge in [0, 0.05) is 25.6 Å². The number of amides is 1. The van der Waals surface area contributed by atoms with E-state index in [0.717, 1.165) is 25.0 Å². The average Bonchev–Trinajstić information content (AvgIpc) is 3.38. The Hall–Kier alpha value is -2.54. The van der Waals surface area contributed by atoms with Gasteiger partial charge >= 0.3 is 0 Å². The Morgan fingerprint density at radius 1 is 1.30 bits per heavy atom. The number of nitrogens with zero attached hydrogens (tertiary/aromatic N) is 2. The molecule has 0 aliphatic carbocycles. The lowest BCUT2D eigenvalue weighted by Crippen LogP contribution is -2.36. The second kappa shape index (κ2) is 8.90. The first-order chi connectivity index (χ1) is 13.1. The van der Waals surface area contributed by atoms with Crippen LogP contribution in [0.15, 0.2) is 28.8 Å². The minimum atomic E-state index is 0.0778. The van der Waals surface area contributed by atoms with Crippen LogP contribution in [0.5, 0.6) is 11.5 Å². The molecule has 1 aliphatic rings. The molecule has 1 amide bonds. The third kappa shape index (κ3) is 4.60. The second-order valence-electron chi connectivity index (χ2n) is 6.51. The van der Waals surface area contributed by atoms with Crippen LogP contribution in [-0.4, -0.2) is 49.4 Å². The smallest absolute Gasteiger partial charge is 0.222 e. The molecule has 1 saturated heterocycles. The Labute approximate surface area is 159 Å². The summed E-state index contributed by atoms with van der Waals surface area (Å²) in [5.41, 5.74) is 1.44. The molecule has 0 radical (unpaired) electrons. The van der Waals surface area contributed by atoms with Gasteiger partial charge < -0.3 is 23.6 Å². The minimum absolute atomic E-state index is 0.0778. The van der Waals surface area contributed by atoms with E-state index < -0.39 is 0 Å². The quantitative estimate of drug-likeness (QED) is 0.706. The fourth-order valence-corrected chi connectivity index (χ4v) is 3.23. The van der Waals surface area contributed by atoms with Gasteiger partial charge in [-0.25, -0.2) is 0 Å². The largest absolute Gasteiger partial charge is 0.497 e. The highest BCUT2D eigenvalue weighted by molar-refractivity contribution is 5.76. The van der Waals surface area contributed by atoms with Crippen molar-refractivity contribution in [1.82, 2.24) is 10.1 Å². The van der Waals surface area contributed by atoms with Crippen molar-refractivity contribution in [3.8, 4) is 22.8 Å². The molecule has 0 bridgehead atoms. The molecule has 27 heavy (non-hydrogen) atoms. The fourth-order valence-electron chi connectivity index (χ4n) is 3.23. The number of carbonyl (C=O) groups excluding carboxylic acids is 1. The number of aromatic nitrogens is 1. The molecule has 2 heterocycles. The van der Waals surface area contributed by atoms with Crippen molar-refractivity contribution < 1.29 is 23.5 Å². The van der Waals surface area contributed by atoms with Gasteiger partial charge in [0.2, 0.25) is 5.91 Å². The lowest BCUT2D eigenvalue weighted by Gasteiger charge is -2.24. The maximum absolute atomic E-state index is 12.3. The molecule has 1 aromatic heterocycles. The topological polar surface area (TPSA) is 74.0 Å². The van der Waals surface area contributed by atoms with Gasteiger partial charge in [-0.15, -0.1) is 0 Å². The summed E-state index contributed by atoms with van der Waals surface area (Å²) < 4.78 is 21.9. The van der Waals surface area contributed by atoms with E-state index >= 15 is 0 Å². The van der Waals surface area contributed by atoms with Crippen molar-refractivity contribution in [2.24, 2.45) is 0 Å². The molecule has 2 aromatic rings. The van der Waals surface area contributed by atoms with Gasteiger partial charge in [-0.2, -0.15) is 0 Å². The van der Waals surface area contributed by atoms with E-state index in [-0.39, 0.29) is 12.0 Å². The Morgan fingerprint density at radius 2 is 2.15 bits per heavy atom. The lowest BCUT2D eigenvalue weighted by atomic mass is 10.1. The molecule has 1 aromatic carbocycles. The van der Waals surface area contributed by atoms with E-state index in [1.807, 2.05) is 31.2 Å². The fraction of sp³-hybridized carbons (Fsp3) is 0.500. The summed E-state index contributed by atoms with van der Waals surface area (Å²) in [5, 5.41) is 4.15. The highest BCUT2D eigenvalue weighted by Gasteiger charge is 2.23. The number of rotatable bonds is 8. The lowest BCUT2D eigenvalue weighted by molar-refractivity contribution is -0.133. The monoisotopic (exact) mass is 374 g/mol. The van der Waals surface area contributed by atoms with Crippen molar-refractivity contribution in [2.75, 3.05) is 27.4 Å². The van der Waals surface area contributed by atoms with E-state index in [4.69, 9.17) is 18.7 Å². The van der Waals surface area contributed by atoms with Crippen molar-refractivity contribution in [2.45, 2.75) is 38.8 Å². The molecular formula is C20H26N2O5. The highest BCUT2D eigenvalue weighted by atomic mass is 16.5. The standard InChI is InChI=1S/C20H26N2O5/c1-4-20(23)22(13-16-6-5-9-26-16)12-14-10-19(27-21-14)17-11-15(24-2)7-8-18(17)25-3/h7-8,10-11,16H,4-6,9,12-13H2,1-3H3/t16-/m0/s1. The van der Waals surface area contributed by atoms with Crippen molar-refractivity contribution >= 4 is 5.91 Å². The number of hydrogen-bond donors (Lipinski definition) is 0. The first-order valence-corrected chi connectivity index (χ1v) is 9.22. The molecule has 0 unspecified atom stereocenters. The van der Waals surface area contributed by atoms with Gasteiger partial charge in [-0.05, 0) is 31.0 Å². The normalized spacial score (nSPS) is 16.3. The third-order valence-electron chi connectivity index (χ3n) is 4.69. The molecule has 7 nitrogen and oxygen atoms in total. The first kappa shape index (κ1) is 19.2. The highest BCUT2D eigenvalue weighted by Crippen LogP contribution is 2.34. The van der Waals surface area contributed by atoms with Crippen LogP contribution >= 0.6 is 0 Å². The number of carbonyl (C=O) groups is 1. The van der Waals surface area contributed by atoms with Crippen LogP contribution in [0.3, 0.4) is 0 Å². The Morgan fingerprint density at radius 3 is 2.81 bits per heavy atom. The first-order valence-electron chi connectivity index (χ1n) is 9.22. The number of methoxy groups -OCH3 is 2. The second-order valence-corrected chi connectivity index (χ2v) is 6.51. The molecule has 0 spiro atoms. The van der Waals surface area contributed by atoms with Gasteiger partial charge in [0.25, 0.3) is 0 Å². The molecule has 1 fully saturated rings. The predicted octanol–water partition coefficient (Wildman–Crippen LogP) is 3.28. The molecule has 3 rings (SSSR count). The van der Waals surface area contributed by atoms with Crippen LogP contribution in [0.25, 0.3) is 11.3 Å². The summed E-state index contributed by atoms with van der Waals surface area (Å²) in [7, 11) is 3.21. The molecule has 7 heteroatoms. The molecule has 1 aliphatic heterocycles. The summed E-state index contributed by atoms with van der Waals surface area (Å²) in [6, 6.07) is 7.32. The Bertz CT molecular complexity index is 767. The van der Waals surface area contributed by atoms with E-state index in [0.29, 0.717) is 42.5 Å². The van der Waals surface area contributed by atoms with E-state index in [9.17, 15) is 4.79 Å². The Balaban J connectivity index is 1.78. The van der Waals surface area contributed by atoms with E-state index in [1.54, 1.807) is 19.1 Å². The number of ether oxygens (including phenoxy) is 3. The molecule has 146 valence electrons. The van der Waals surface area contributed by atoms with Crippen LogP contribution in [0.4, 0.5) is 0 Å². The molecule has 1 atom stereocenters. The maximum atomic E-state index is 12.3. The summed E-state index contributed by atoms with van der Waals surface area (Å²) in [4.78, 5) is 14.1. The van der Waals surface area contributed by atoms with Crippen molar-refractivity contribution in [1.29, 1.82) is 0 Å². The van der Waals surface area contributed by atoms with Crippen LogP contribution in [0, 0.1) is 0 Å². The zero-order valence-electron chi connectivity index (χ0n) is 16.1. The van der Waals surface area contributed by atoms with Gasteiger partial charge in [-0.3, -0.25) is 4.79 Å². The summed E-state index contributed by atoms with van der Waals surface area (Å²) >= 11 is 0. The summed E-state index contributed by atoms with van der Waals surface area (Å²) in [6.07, 6.45) is 2.58. The number of hydrogen-bond acceptors (Lipinski definition) is 6. The van der Waals surface area contributed by atoms with E-state index in [2.05, 4.69) is 5.16 Å². The van der Waals surface area contributed by atoms with Crippen molar-refractivity contribution in [3.63, 3.8) is 0 Å². The molecular weight excluding hydrogens is 348 g/mol. The van der Waals surface area contributed by atoms with Gasteiger partial charge in [0.05, 0.1) is 32.4 Å². The maximum Gasteiger partial charge on any atom is 0.222 e. The third-order valence-corrected chi connectivity index (χ3v) is 4.69. The van der Waals surface area contributed by atoms with Crippen LogP contribution < -0.4 is 9.47 Å². The van der Waals surface area contributed by atoms with Crippen LogP contribution in [-0.2, 0) is 16.1 Å². The zero-order chi connectivity index (χ0) is 19.2. The predicted molar refractivity (Wildman–Crippen MR) is 99.7 cm³/mol. The molecule has 0 saturated carbocycles. The zero-order valence-corrected chi connectivity index (χ0v) is 16.1. The van der Waals surface area contributed by atoms with E-state index in [1.165, 1.54) is 0 Å². The van der Waals surface area contributed by atoms with Gasteiger partial charge in [-0.1, -0.05) is 12.1 Å².